The lowest BCUT2D eigenvalue weighted by Crippen LogP contribution is -2.53. The molecular formula is C28H33FN2O4. The molecule has 6 nitrogen and oxygen atoms in total. The maximum atomic E-state index is 13.7. The Balaban J connectivity index is 1.44. The number of aryl methyl sites for hydroxylation is 1. The summed E-state index contributed by atoms with van der Waals surface area (Å²) >= 11 is 0. The van der Waals surface area contributed by atoms with E-state index in [-0.39, 0.29) is 29.7 Å². The summed E-state index contributed by atoms with van der Waals surface area (Å²) in [5, 5.41) is 10.7. The van der Waals surface area contributed by atoms with Gasteiger partial charge in [-0.1, -0.05) is 25.5 Å². The van der Waals surface area contributed by atoms with Crippen LogP contribution >= 0.6 is 0 Å². The lowest BCUT2D eigenvalue weighted by Gasteiger charge is -2.46. The second-order valence-corrected chi connectivity index (χ2v) is 10.1. The van der Waals surface area contributed by atoms with E-state index < -0.39 is 12.0 Å². The van der Waals surface area contributed by atoms with Crippen molar-refractivity contribution in [1.82, 2.24) is 9.47 Å². The summed E-state index contributed by atoms with van der Waals surface area (Å²) in [6.45, 7) is 5.62. The van der Waals surface area contributed by atoms with E-state index in [1.54, 1.807) is 6.07 Å². The van der Waals surface area contributed by atoms with Crippen LogP contribution in [0.5, 0.6) is 0 Å². The largest absolute Gasteiger partial charge is 0.481 e. The molecule has 186 valence electrons. The van der Waals surface area contributed by atoms with Crippen LogP contribution in [0, 0.1) is 17.8 Å². The molecule has 1 saturated heterocycles. The summed E-state index contributed by atoms with van der Waals surface area (Å²) < 4.78 is 21.2. The van der Waals surface area contributed by atoms with Crippen LogP contribution < -0.4 is 0 Å². The summed E-state index contributed by atoms with van der Waals surface area (Å²) in [7, 11) is 0. The second-order valence-electron chi connectivity index (χ2n) is 10.1. The molecule has 0 bridgehead atoms. The Kier molecular flexibility index (Phi) is 6.43. The average Bonchev–Trinajstić information content (AvgIpc) is 3.46. The van der Waals surface area contributed by atoms with E-state index in [4.69, 9.17) is 4.42 Å². The van der Waals surface area contributed by atoms with Gasteiger partial charge in [-0.2, -0.15) is 4.39 Å². The number of nitrogens with zero attached hydrogens (tertiary/aromatic N) is 2. The standard InChI is InChI=1S/C28H33FN2O4/c1-3-30-16-21(27-20(8-5-11-23(27)30)24-12-13-25(29)35-24)17(2)15-26(32)31-14-6-9-18-19(28(33)34)7-4-10-22(18)31/h5,8,11-13,16-19,22H,3-4,6-7,9-10,14-15H2,1-2H3,(H,33,34). The quantitative estimate of drug-likeness (QED) is 0.466. The van der Waals surface area contributed by atoms with Gasteiger partial charge in [0.25, 0.3) is 6.01 Å². The van der Waals surface area contributed by atoms with Gasteiger partial charge < -0.3 is 19.0 Å². The number of piperidine rings is 1. The molecule has 7 heteroatoms. The number of hydrogen-bond donors (Lipinski definition) is 1. The van der Waals surface area contributed by atoms with Crippen LogP contribution in [0.1, 0.15) is 63.9 Å². The Morgan fingerprint density at radius 1 is 1.17 bits per heavy atom. The van der Waals surface area contributed by atoms with E-state index in [0.717, 1.165) is 54.3 Å². The first-order chi connectivity index (χ1) is 16.9. The van der Waals surface area contributed by atoms with Gasteiger partial charge in [0.15, 0.2) is 0 Å². The first-order valence-electron chi connectivity index (χ1n) is 12.8. The van der Waals surface area contributed by atoms with Crippen LogP contribution in [0.15, 0.2) is 40.9 Å². The van der Waals surface area contributed by atoms with Gasteiger partial charge in [0.05, 0.1) is 5.92 Å². The van der Waals surface area contributed by atoms with Crippen molar-refractivity contribution in [3.63, 3.8) is 0 Å². The van der Waals surface area contributed by atoms with Gasteiger partial charge in [0.2, 0.25) is 5.91 Å². The van der Waals surface area contributed by atoms with Crippen LogP contribution in [0.25, 0.3) is 22.2 Å². The Hall–Kier alpha value is -3.09. The first kappa shape index (κ1) is 23.6. The van der Waals surface area contributed by atoms with E-state index in [2.05, 4.69) is 24.6 Å². The van der Waals surface area contributed by atoms with Gasteiger partial charge in [0.1, 0.15) is 5.76 Å². The fourth-order valence-electron chi connectivity index (χ4n) is 6.48. The van der Waals surface area contributed by atoms with Crippen LogP contribution in [0.4, 0.5) is 4.39 Å². The number of carbonyl (C=O) groups excluding carboxylic acids is 1. The fourth-order valence-corrected chi connectivity index (χ4v) is 6.48. The van der Waals surface area contributed by atoms with Crippen molar-refractivity contribution < 1.29 is 23.5 Å². The molecule has 4 unspecified atom stereocenters. The first-order valence-corrected chi connectivity index (χ1v) is 12.8. The number of amides is 1. The number of aliphatic carboxylic acids is 1. The van der Waals surface area contributed by atoms with Crippen LogP contribution in [-0.4, -0.2) is 39.0 Å². The molecule has 0 spiro atoms. The normalized spacial score (nSPS) is 23.3. The summed E-state index contributed by atoms with van der Waals surface area (Å²) in [5.74, 6) is -0.508. The molecule has 1 aliphatic heterocycles. The number of furan rings is 1. The topological polar surface area (TPSA) is 75.7 Å². The smallest absolute Gasteiger partial charge is 0.306 e. The molecular weight excluding hydrogens is 447 g/mol. The maximum absolute atomic E-state index is 13.7. The van der Waals surface area contributed by atoms with Crippen molar-refractivity contribution >= 4 is 22.8 Å². The zero-order valence-electron chi connectivity index (χ0n) is 20.4. The number of carboxylic acids is 1. The minimum absolute atomic E-state index is 0.0249. The molecule has 0 radical (unpaired) electrons. The van der Waals surface area contributed by atoms with Crippen molar-refractivity contribution in [3.8, 4) is 11.3 Å². The Morgan fingerprint density at radius 2 is 2.00 bits per heavy atom. The molecule has 5 rings (SSSR count). The highest BCUT2D eigenvalue weighted by Gasteiger charge is 2.43. The minimum atomic E-state index is -0.725. The van der Waals surface area contributed by atoms with E-state index in [0.29, 0.717) is 25.1 Å². The van der Waals surface area contributed by atoms with Gasteiger partial charge in [-0.05, 0) is 62.1 Å². The molecule has 2 aromatic heterocycles. The predicted molar refractivity (Wildman–Crippen MR) is 132 cm³/mol. The number of aromatic nitrogens is 1. The Bertz CT molecular complexity index is 1250. The monoisotopic (exact) mass is 480 g/mol. The molecule has 2 fully saturated rings. The molecule has 2 aliphatic rings. The van der Waals surface area contributed by atoms with Crippen molar-refractivity contribution in [2.75, 3.05) is 6.54 Å². The highest BCUT2D eigenvalue weighted by molar-refractivity contribution is 5.97. The van der Waals surface area contributed by atoms with Gasteiger partial charge in [0, 0.05) is 54.3 Å². The number of likely N-dealkylation sites (tertiary alicyclic amines) is 1. The average molecular weight is 481 g/mol. The lowest BCUT2D eigenvalue weighted by molar-refractivity contribution is -0.152. The molecule has 1 aliphatic carbocycles. The summed E-state index contributed by atoms with van der Waals surface area (Å²) in [6, 6.07) is 8.28. The Morgan fingerprint density at radius 3 is 2.71 bits per heavy atom. The van der Waals surface area contributed by atoms with Crippen LogP contribution in [-0.2, 0) is 16.1 Å². The molecule has 1 aromatic carbocycles. The Labute approximate surface area is 204 Å². The molecule has 1 N–H and O–H groups in total. The summed E-state index contributed by atoms with van der Waals surface area (Å²) in [5.41, 5.74) is 2.90. The molecule has 1 saturated carbocycles. The zero-order chi connectivity index (χ0) is 24.7. The van der Waals surface area contributed by atoms with Crippen molar-refractivity contribution in [3.05, 3.63) is 48.1 Å². The summed E-state index contributed by atoms with van der Waals surface area (Å²) in [6.07, 6.45) is 6.64. The van der Waals surface area contributed by atoms with Crippen molar-refractivity contribution in [1.29, 1.82) is 0 Å². The van der Waals surface area contributed by atoms with Crippen LogP contribution in [0.3, 0.4) is 0 Å². The van der Waals surface area contributed by atoms with Gasteiger partial charge in [-0.15, -0.1) is 0 Å². The van der Waals surface area contributed by atoms with E-state index in [9.17, 15) is 19.1 Å². The number of carbonyl (C=O) groups is 2. The predicted octanol–water partition coefficient (Wildman–Crippen LogP) is 6.05. The molecule has 3 aromatic rings. The number of fused-ring (bicyclic) bond motifs is 2. The number of carboxylic acid groups (broad SMARTS) is 1. The fraction of sp³-hybridized carbons (Fsp3) is 0.500. The van der Waals surface area contributed by atoms with Gasteiger partial charge in [-0.3, -0.25) is 9.59 Å². The van der Waals surface area contributed by atoms with E-state index in [1.165, 1.54) is 6.07 Å². The molecule has 4 atom stereocenters. The molecule has 3 heterocycles. The van der Waals surface area contributed by atoms with Crippen molar-refractivity contribution in [2.24, 2.45) is 11.8 Å². The number of benzene rings is 1. The molecule has 35 heavy (non-hydrogen) atoms. The van der Waals surface area contributed by atoms with Gasteiger partial charge >= 0.3 is 5.97 Å². The second kappa shape index (κ2) is 9.51. The lowest BCUT2D eigenvalue weighted by atomic mass is 9.71. The van der Waals surface area contributed by atoms with E-state index in [1.807, 2.05) is 23.1 Å². The highest BCUT2D eigenvalue weighted by atomic mass is 19.1. The zero-order valence-corrected chi connectivity index (χ0v) is 20.4. The number of rotatable bonds is 6. The summed E-state index contributed by atoms with van der Waals surface area (Å²) in [4.78, 5) is 27.4. The van der Waals surface area contributed by atoms with Gasteiger partial charge in [-0.25, -0.2) is 0 Å². The number of hydrogen-bond acceptors (Lipinski definition) is 3. The molecule has 1 amide bonds. The minimum Gasteiger partial charge on any atom is -0.481 e. The third kappa shape index (κ3) is 4.26. The van der Waals surface area contributed by atoms with Crippen LogP contribution in [0.2, 0.25) is 0 Å². The third-order valence-electron chi connectivity index (χ3n) is 8.13. The third-order valence-corrected chi connectivity index (χ3v) is 8.13. The van der Waals surface area contributed by atoms with Crippen molar-refractivity contribution in [2.45, 2.75) is 70.9 Å². The number of halogens is 1. The van der Waals surface area contributed by atoms with E-state index >= 15 is 0 Å². The maximum Gasteiger partial charge on any atom is 0.306 e. The SMILES string of the molecule is CCn1cc(C(C)CC(=O)N2CCCC3C(C(=O)O)CCCC32)c2c(-c3ccc(F)o3)cccc21. The highest BCUT2D eigenvalue weighted by Crippen LogP contribution is 2.41.